The smallest absolute Gasteiger partial charge is 0.238 e. The minimum Gasteiger partial charge on any atom is -0.355 e. The molecule has 21 heavy (non-hydrogen) atoms. The Balaban J connectivity index is 2.50. The van der Waals surface area contributed by atoms with Crippen molar-refractivity contribution in [3.8, 4) is 0 Å². The summed E-state index contributed by atoms with van der Waals surface area (Å²) in [6.45, 7) is 5.47. The molecule has 7 nitrogen and oxygen atoms in total. The summed E-state index contributed by atoms with van der Waals surface area (Å²) in [5.41, 5.74) is 3.51. The van der Waals surface area contributed by atoms with Gasteiger partial charge in [-0.2, -0.15) is 0 Å². The van der Waals surface area contributed by atoms with Gasteiger partial charge < -0.3 is 5.32 Å². The number of nitrogens with one attached hydrogen (secondary N) is 2. The number of hydrogen-bond acceptors (Lipinski definition) is 4. The molecule has 0 spiro atoms. The summed E-state index contributed by atoms with van der Waals surface area (Å²) < 4.78 is 22.3. The van der Waals surface area contributed by atoms with Crippen molar-refractivity contribution in [2.24, 2.45) is 21.9 Å². The van der Waals surface area contributed by atoms with Crippen LogP contribution in [0, 0.1) is 5.92 Å². The number of rotatable bonds is 6. The molecule has 6 N–H and O–H groups in total. The Morgan fingerprint density at radius 2 is 1.90 bits per heavy atom. The van der Waals surface area contributed by atoms with Crippen LogP contribution in [0.2, 0.25) is 0 Å². The zero-order chi connectivity index (χ0) is 15.9. The summed E-state index contributed by atoms with van der Waals surface area (Å²) in [5, 5.41) is 8.13. The van der Waals surface area contributed by atoms with E-state index >= 15 is 0 Å². The number of guanidine groups is 1. The van der Waals surface area contributed by atoms with Crippen LogP contribution in [0.4, 0.5) is 0 Å². The van der Waals surface area contributed by atoms with Crippen molar-refractivity contribution in [1.82, 2.24) is 10.7 Å². The van der Waals surface area contributed by atoms with E-state index in [1.165, 1.54) is 12.1 Å². The number of hydrogen-bond donors (Lipinski definition) is 4. The molecule has 1 aromatic rings. The van der Waals surface area contributed by atoms with Crippen molar-refractivity contribution >= 4 is 16.0 Å². The van der Waals surface area contributed by atoms with Crippen LogP contribution >= 0.6 is 0 Å². The van der Waals surface area contributed by atoms with E-state index in [-0.39, 0.29) is 4.90 Å². The predicted molar refractivity (Wildman–Crippen MR) is 84.0 cm³/mol. The first-order chi connectivity index (χ1) is 9.82. The first-order valence-electron chi connectivity index (χ1n) is 6.69. The Morgan fingerprint density at radius 1 is 1.29 bits per heavy atom. The lowest BCUT2D eigenvalue weighted by molar-refractivity contribution is 0.598. The third kappa shape index (κ3) is 6.56. The molecule has 118 valence electrons. The molecule has 0 amide bonds. The fourth-order valence-electron chi connectivity index (χ4n) is 1.60. The van der Waals surface area contributed by atoms with Gasteiger partial charge in [-0.05, 0) is 30.0 Å². The molecule has 0 aliphatic carbocycles. The zero-order valence-electron chi connectivity index (χ0n) is 12.3. The van der Waals surface area contributed by atoms with Gasteiger partial charge in [-0.1, -0.05) is 26.0 Å². The van der Waals surface area contributed by atoms with E-state index in [4.69, 9.17) is 11.0 Å². The van der Waals surface area contributed by atoms with E-state index in [0.29, 0.717) is 31.4 Å². The molecule has 0 fully saturated rings. The van der Waals surface area contributed by atoms with Crippen LogP contribution in [0.15, 0.2) is 34.2 Å². The highest BCUT2D eigenvalue weighted by Gasteiger charge is 2.06. The van der Waals surface area contributed by atoms with E-state index < -0.39 is 10.0 Å². The monoisotopic (exact) mass is 313 g/mol. The molecule has 1 rings (SSSR count). The highest BCUT2D eigenvalue weighted by atomic mass is 32.2. The van der Waals surface area contributed by atoms with Gasteiger partial charge in [0, 0.05) is 13.1 Å². The highest BCUT2D eigenvalue weighted by Crippen LogP contribution is 2.08. The Bertz CT molecular complexity index is 567. The minimum atomic E-state index is -3.63. The number of sulfonamides is 1. The molecule has 0 aliphatic rings. The third-order valence-electron chi connectivity index (χ3n) is 2.71. The first-order valence-corrected chi connectivity index (χ1v) is 8.24. The van der Waals surface area contributed by atoms with Crippen molar-refractivity contribution in [3.05, 3.63) is 29.8 Å². The van der Waals surface area contributed by atoms with E-state index in [9.17, 15) is 8.42 Å². The largest absolute Gasteiger partial charge is 0.355 e. The van der Waals surface area contributed by atoms with Crippen LogP contribution in [-0.2, 0) is 16.4 Å². The molecule has 0 saturated heterocycles. The molecule has 0 bridgehead atoms. The number of aliphatic imine (C=N–C) groups is 1. The molecule has 1 aromatic carbocycles. The van der Waals surface area contributed by atoms with Crippen LogP contribution in [0.1, 0.15) is 19.4 Å². The van der Waals surface area contributed by atoms with Gasteiger partial charge in [-0.3, -0.25) is 10.4 Å². The lowest BCUT2D eigenvalue weighted by atomic mass is 10.1. The first kappa shape index (κ1) is 17.4. The second-order valence-corrected chi connectivity index (χ2v) is 6.65. The fourth-order valence-corrected chi connectivity index (χ4v) is 2.11. The predicted octanol–water partition coefficient (Wildman–Crippen LogP) is -0.0586. The van der Waals surface area contributed by atoms with Gasteiger partial charge in [0.05, 0.1) is 4.90 Å². The second-order valence-electron chi connectivity index (χ2n) is 5.09. The maximum Gasteiger partial charge on any atom is 0.238 e. The maximum absolute atomic E-state index is 11.1. The highest BCUT2D eigenvalue weighted by molar-refractivity contribution is 7.89. The van der Waals surface area contributed by atoms with Crippen molar-refractivity contribution in [2.45, 2.75) is 25.2 Å². The van der Waals surface area contributed by atoms with E-state index in [2.05, 4.69) is 29.6 Å². The topological polar surface area (TPSA) is 123 Å². The lowest BCUT2D eigenvalue weighted by Gasteiger charge is -2.10. The maximum atomic E-state index is 11.1. The average molecular weight is 313 g/mol. The Hall–Kier alpha value is -1.64. The van der Waals surface area contributed by atoms with Gasteiger partial charge in [0.2, 0.25) is 16.0 Å². The van der Waals surface area contributed by atoms with Crippen LogP contribution in [-0.4, -0.2) is 27.5 Å². The Labute approximate surface area is 125 Å². The second kappa shape index (κ2) is 7.96. The van der Waals surface area contributed by atoms with E-state index in [1.807, 2.05) is 0 Å². The molecule has 0 atom stereocenters. The van der Waals surface area contributed by atoms with Crippen molar-refractivity contribution in [3.63, 3.8) is 0 Å². The van der Waals surface area contributed by atoms with E-state index in [1.54, 1.807) is 12.1 Å². The SMILES string of the molecule is CC(C)CN=C(NN)NCCc1ccc(S(N)(=O)=O)cc1. The Kier molecular flexibility index (Phi) is 6.60. The summed E-state index contributed by atoms with van der Waals surface area (Å²) in [7, 11) is -3.63. The molecule has 0 radical (unpaired) electrons. The molecule has 0 aliphatic heterocycles. The third-order valence-corrected chi connectivity index (χ3v) is 3.64. The van der Waals surface area contributed by atoms with Crippen LogP contribution in [0.3, 0.4) is 0 Å². The number of nitrogens with zero attached hydrogens (tertiary/aromatic N) is 1. The summed E-state index contributed by atoms with van der Waals surface area (Å²) in [6, 6.07) is 6.48. The molecular weight excluding hydrogens is 290 g/mol. The van der Waals surface area contributed by atoms with Crippen LogP contribution in [0.25, 0.3) is 0 Å². The summed E-state index contributed by atoms with van der Waals surface area (Å²) in [6.07, 6.45) is 0.716. The summed E-state index contributed by atoms with van der Waals surface area (Å²) >= 11 is 0. The van der Waals surface area contributed by atoms with Crippen molar-refractivity contribution < 1.29 is 8.42 Å². The zero-order valence-corrected chi connectivity index (χ0v) is 13.2. The molecular formula is C13H23N5O2S. The van der Waals surface area contributed by atoms with Gasteiger partial charge >= 0.3 is 0 Å². The average Bonchev–Trinajstić information content (AvgIpc) is 2.42. The van der Waals surface area contributed by atoms with Gasteiger partial charge in [0.1, 0.15) is 0 Å². The number of nitrogens with two attached hydrogens (primary N) is 2. The number of benzene rings is 1. The molecule has 0 heterocycles. The number of primary sulfonamides is 1. The fraction of sp³-hybridized carbons (Fsp3) is 0.462. The summed E-state index contributed by atoms with van der Waals surface area (Å²) in [4.78, 5) is 4.41. The van der Waals surface area contributed by atoms with E-state index in [0.717, 1.165) is 5.56 Å². The van der Waals surface area contributed by atoms with Crippen molar-refractivity contribution in [1.29, 1.82) is 0 Å². The van der Waals surface area contributed by atoms with Crippen LogP contribution in [0.5, 0.6) is 0 Å². The standard InChI is InChI=1S/C13H23N5O2S/c1-10(2)9-17-13(18-14)16-8-7-11-3-5-12(6-4-11)21(15,19)20/h3-6,10H,7-9,14H2,1-2H3,(H2,15,19,20)(H2,16,17,18). The van der Waals surface area contributed by atoms with Gasteiger partial charge in [-0.25, -0.2) is 19.4 Å². The van der Waals surface area contributed by atoms with Crippen molar-refractivity contribution in [2.75, 3.05) is 13.1 Å². The minimum absolute atomic E-state index is 0.113. The normalized spacial score (nSPS) is 12.5. The van der Waals surface area contributed by atoms with Gasteiger partial charge in [0.25, 0.3) is 0 Å². The van der Waals surface area contributed by atoms with Crippen LogP contribution < -0.4 is 21.7 Å². The quantitative estimate of drug-likeness (QED) is 0.254. The van der Waals surface area contributed by atoms with Gasteiger partial charge in [0.15, 0.2) is 0 Å². The molecule has 0 aromatic heterocycles. The number of hydrazine groups is 1. The lowest BCUT2D eigenvalue weighted by Crippen LogP contribution is -2.42. The molecule has 0 unspecified atom stereocenters. The molecule has 8 heteroatoms. The summed E-state index contributed by atoms with van der Waals surface area (Å²) in [5.74, 6) is 6.39. The Morgan fingerprint density at radius 3 is 2.38 bits per heavy atom. The van der Waals surface area contributed by atoms with Gasteiger partial charge in [-0.15, -0.1) is 0 Å². The molecule has 0 saturated carbocycles.